The molecule has 20 N–H and O–H groups in total. The minimum absolute atomic E-state index is 0.0107. The molecule has 398 valence electrons. The molecule has 0 saturated carbocycles. The molecule has 0 aliphatic carbocycles. The number of likely N-dealkylation sites (tertiary alicyclic amines) is 1. The number of hydrogen-bond donors (Lipinski definition) is 16. The zero-order valence-electron chi connectivity index (χ0n) is 40.3. The van der Waals surface area contributed by atoms with E-state index in [1.807, 2.05) is 0 Å². The van der Waals surface area contributed by atoms with Crippen LogP contribution in [0.1, 0.15) is 77.7 Å². The van der Waals surface area contributed by atoms with Crippen LogP contribution in [0.5, 0.6) is 5.75 Å². The van der Waals surface area contributed by atoms with E-state index in [4.69, 9.17) is 22.9 Å². The molecule has 1 aromatic rings. The number of carboxylic acids is 1. The van der Waals surface area contributed by atoms with Gasteiger partial charge in [0.1, 0.15) is 54.1 Å². The molecule has 71 heavy (non-hydrogen) atoms. The fraction of sp³-hybridized carbons (Fsp3) is 0.636. The van der Waals surface area contributed by atoms with E-state index in [-0.39, 0.29) is 69.9 Å². The van der Waals surface area contributed by atoms with Gasteiger partial charge >= 0.3 is 5.97 Å². The van der Waals surface area contributed by atoms with Gasteiger partial charge in [-0.25, -0.2) is 4.79 Å². The molecular formula is C44H73N13O14. The summed E-state index contributed by atoms with van der Waals surface area (Å²) < 4.78 is 0. The Labute approximate surface area is 411 Å². The van der Waals surface area contributed by atoms with Crippen molar-refractivity contribution in [2.24, 2.45) is 33.8 Å². The number of unbranched alkanes of at least 4 members (excludes halogenated alkanes) is 1. The average molecular weight is 1010 g/mol. The number of carbonyl (C=O) groups is 9. The first-order chi connectivity index (χ1) is 33.6. The Hall–Kier alpha value is -6.68. The second kappa shape index (κ2) is 30.8. The quantitative estimate of drug-likeness (QED) is 0.0187. The second-order valence-electron chi connectivity index (χ2n) is 17.2. The number of carboxylic acid groups (broad SMARTS) is 1. The Morgan fingerprint density at radius 3 is 1.72 bits per heavy atom. The lowest BCUT2D eigenvalue weighted by atomic mass is 9.97. The average Bonchev–Trinajstić information content (AvgIpc) is 3.83. The van der Waals surface area contributed by atoms with Crippen molar-refractivity contribution in [1.29, 1.82) is 0 Å². The van der Waals surface area contributed by atoms with Crippen LogP contribution in [0.3, 0.4) is 0 Å². The van der Waals surface area contributed by atoms with E-state index < -0.39 is 133 Å². The van der Waals surface area contributed by atoms with Gasteiger partial charge in [0.05, 0.1) is 25.9 Å². The third kappa shape index (κ3) is 19.9. The van der Waals surface area contributed by atoms with Crippen LogP contribution in [0.25, 0.3) is 0 Å². The zero-order valence-corrected chi connectivity index (χ0v) is 40.3. The number of carbonyl (C=O) groups excluding carboxylic acids is 8. The molecule has 0 bridgehead atoms. The van der Waals surface area contributed by atoms with Crippen LogP contribution in [-0.2, 0) is 49.6 Å². The van der Waals surface area contributed by atoms with E-state index in [2.05, 4.69) is 42.2 Å². The number of nitrogens with zero attached hydrogens (tertiary/aromatic N) is 2. The Bertz CT molecular complexity index is 1990. The standard InChI is InChI=1S/C44H73N13O14/c1-4-23(2)34(41(68)51-27(9-5-6-16-45)35(62)50-28(10-7-17-49-44(47)48)36(63)55-32(22-60)43(70)71)56-39(66)31(21-59)53-37(64)29(19-25-12-14-26(61)15-13-25)52-38(65)30(20-58)54-40(67)33-11-8-18-57(33)42(69)24(3)46/h12-15,23-24,27-34,58-61H,4-11,16-22,45-46H2,1-3H3,(H,50,62)(H,51,68)(H,52,65)(H,53,64)(H,54,67)(H,55,63)(H,56,66)(H,70,71)(H4,47,48,49)/t23-,24+,27-,28-,29-,30-,31-,32-,33-,34-/m0/s1. The van der Waals surface area contributed by atoms with E-state index in [1.165, 1.54) is 36.1 Å². The minimum Gasteiger partial charge on any atom is -0.508 e. The maximum absolute atomic E-state index is 14.1. The molecule has 0 aromatic heterocycles. The molecule has 1 aliphatic rings. The van der Waals surface area contributed by atoms with E-state index in [1.54, 1.807) is 13.8 Å². The van der Waals surface area contributed by atoms with Crippen LogP contribution in [0.15, 0.2) is 29.3 Å². The number of aliphatic carboxylic acids is 1. The molecule has 27 heteroatoms. The van der Waals surface area contributed by atoms with Gasteiger partial charge in [-0.1, -0.05) is 32.4 Å². The van der Waals surface area contributed by atoms with Gasteiger partial charge in [0, 0.05) is 19.5 Å². The molecule has 1 saturated heterocycles. The number of hydrogen-bond acceptors (Lipinski definition) is 16. The lowest BCUT2D eigenvalue weighted by Crippen LogP contribution is -2.62. The highest BCUT2D eigenvalue weighted by molar-refractivity contribution is 5.98. The summed E-state index contributed by atoms with van der Waals surface area (Å²) in [5.41, 5.74) is 22.6. The van der Waals surface area contributed by atoms with Crippen LogP contribution in [0.2, 0.25) is 0 Å². The number of aromatic hydroxyl groups is 1. The number of benzene rings is 1. The number of nitrogens with two attached hydrogens (primary N) is 4. The summed E-state index contributed by atoms with van der Waals surface area (Å²) in [7, 11) is 0. The van der Waals surface area contributed by atoms with Crippen LogP contribution < -0.4 is 60.2 Å². The molecular weight excluding hydrogens is 935 g/mol. The first-order valence-corrected chi connectivity index (χ1v) is 23.4. The summed E-state index contributed by atoms with van der Waals surface area (Å²) in [6, 6.07) is -7.11. The van der Waals surface area contributed by atoms with Crippen molar-refractivity contribution < 1.29 is 68.7 Å². The van der Waals surface area contributed by atoms with Gasteiger partial charge in [0.25, 0.3) is 0 Å². The highest BCUT2D eigenvalue weighted by Crippen LogP contribution is 2.19. The number of guanidine groups is 1. The summed E-state index contributed by atoms with van der Waals surface area (Å²) >= 11 is 0. The lowest BCUT2D eigenvalue weighted by molar-refractivity contribution is -0.143. The smallest absolute Gasteiger partial charge is 0.328 e. The van der Waals surface area contributed by atoms with Crippen LogP contribution in [0.4, 0.5) is 0 Å². The maximum atomic E-state index is 14.1. The van der Waals surface area contributed by atoms with Gasteiger partial charge in [-0.05, 0) is 82.0 Å². The van der Waals surface area contributed by atoms with Gasteiger partial charge in [-0.15, -0.1) is 0 Å². The molecule has 0 unspecified atom stereocenters. The number of phenolic OH excluding ortho intramolecular Hbond substituents is 1. The topological polar surface area (TPSA) is 459 Å². The summed E-state index contributed by atoms with van der Waals surface area (Å²) in [5, 5.41) is 66.3. The number of nitrogens with one attached hydrogen (secondary N) is 7. The number of rotatable bonds is 31. The predicted octanol–water partition coefficient (Wildman–Crippen LogP) is -6.04. The van der Waals surface area contributed by atoms with Gasteiger partial charge < -0.3 is 90.6 Å². The fourth-order valence-corrected chi connectivity index (χ4v) is 7.32. The van der Waals surface area contributed by atoms with Crippen molar-refractivity contribution in [3.8, 4) is 5.75 Å². The number of aliphatic hydroxyl groups excluding tert-OH is 3. The third-order valence-corrected chi connectivity index (χ3v) is 11.6. The molecule has 2 rings (SSSR count). The molecule has 8 amide bonds. The summed E-state index contributed by atoms with van der Waals surface area (Å²) in [6.07, 6.45) is 1.50. The largest absolute Gasteiger partial charge is 0.508 e. The summed E-state index contributed by atoms with van der Waals surface area (Å²) in [6.45, 7) is 2.38. The van der Waals surface area contributed by atoms with Gasteiger partial charge in [-0.2, -0.15) is 0 Å². The van der Waals surface area contributed by atoms with Crippen molar-refractivity contribution in [1.82, 2.24) is 42.1 Å². The van der Waals surface area contributed by atoms with Crippen molar-refractivity contribution in [3.05, 3.63) is 29.8 Å². The van der Waals surface area contributed by atoms with E-state index in [0.29, 0.717) is 24.8 Å². The number of phenols is 1. The Balaban J connectivity index is 2.36. The monoisotopic (exact) mass is 1010 g/mol. The molecule has 1 heterocycles. The molecule has 0 spiro atoms. The van der Waals surface area contributed by atoms with Crippen LogP contribution in [0, 0.1) is 5.92 Å². The molecule has 0 radical (unpaired) electrons. The van der Waals surface area contributed by atoms with Crippen LogP contribution >= 0.6 is 0 Å². The van der Waals surface area contributed by atoms with E-state index in [0.717, 1.165) is 0 Å². The number of aliphatic hydroxyl groups is 3. The van der Waals surface area contributed by atoms with Gasteiger partial charge in [-0.3, -0.25) is 43.3 Å². The SMILES string of the molecule is CC[C@H](C)[C@H](NC(=O)[C@H](CO)NC(=O)[C@H](Cc1ccc(O)cc1)NC(=O)[C@H](CO)NC(=O)[C@@H]1CCCN1C(=O)[C@@H](C)N)C(=O)N[C@@H](CCCCN)C(=O)N[C@@H](CCCN=C(N)N)C(=O)N[C@@H](CO)C(=O)O. The van der Waals surface area contributed by atoms with Crippen molar-refractivity contribution >= 4 is 59.2 Å². The maximum Gasteiger partial charge on any atom is 0.328 e. The van der Waals surface area contributed by atoms with E-state index in [9.17, 15) is 68.7 Å². The van der Waals surface area contributed by atoms with Crippen molar-refractivity contribution in [3.63, 3.8) is 0 Å². The number of amides is 8. The zero-order chi connectivity index (χ0) is 53.4. The molecule has 1 fully saturated rings. The first-order valence-electron chi connectivity index (χ1n) is 23.4. The number of aliphatic imine (C=N–C) groups is 1. The van der Waals surface area contributed by atoms with Crippen molar-refractivity contribution in [2.45, 2.75) is 133 Å². The highest BCUT2D eigenvalue weighted by Gasteiger charge is 2.38. The molecule has 1 aliphatic heterocycles. The van der Waals surface area contributed by atoms with E-state index >= 15 is 0 Å². The molecule has 27 nitrogen and oxygen atoms in total. The third-order valence-electron chi connectivity index (χ3n) is 11.6. The predicted molar refractivity (Wildman–Crippen MR) is 255 cm³/mol. The van der Waals surface area contributed by atoms with Crippen molar-refractivity contribution in [2.75, 3.05) is 39.5 Å². The summed E-state index contributed by atoms with van der Waals surface area (Å²) in [4.78, 5) is 125. The Morgan fingerprint density at radius 2 is 1.18 bits per heavy atom. The minimum atomic E-state index is -1.75. The second-order valence-corrected chi connectivity index (χ2v) is 17.2. The first kappa shape index (κ1) is 60.4. The normalized spacial score (nSPS) is 17.0. The molecule has 1 aromatic carbocycles. The Kier molecular flexibility index (Phi) is 26.2. The molecule has 10 atom stereocenters. The van der Waals surface area contributed by atoms with Gasteiger partial charge in [0.2, 0.25) is 47.3 Å². The summed E-state index contributed by atoms with van der Waals surface area (Å²) in [5.74, 6) is -9.58. The van der Waals surface area contributed by atoms with Crippen LogP contribution in [-0.4, -0.2) is 183 Å². The van der Waals surface area contributed by atoms with Gasteiger partial charge in [0.15, 0.2) is 5.96 Å². The Morgan fingerprint density at radius 1 is 0.690 bits per heavy atom. The fourth-order valence-electron chi connectivity index (χ4n) is 7.32. The highest BCUT2D eigenvalue weighted by atomic mass is 16.4. The lowest BCUT2D eigenvalue weighted by Gasteiger charge is -2.29.